The highest BCUT2D eigenvalue weighted by Crippen LogP contribution is 2.26. The van der Waals surface area contributed by atoms with Crippen molar-refractivity contribution in [2.24, 2.45) is 5.92 Å². The third-order valence-electron chi connectivity index (χ3n) is 2.63. The van der Waals surface area contributed by atoms with Crippen LogP contribution in [-0.4, -0.2) is 31.1 Å². The summed E-state index contributed by atoms with van der Waals surface area (Å²) in [4.78, 5) is 13.2. The van der Waals surface area contributed by atoms with E-state index in [9.17, 15) is 4.79 Å². The van der Waals surface area contributed by atoms with E-state index in [2.05, 4.69) is 12.2 Å². The molecule has 0 aromatic rings. The first-order valence-corrected chi connectivity index (χ1v) is 5.23. The maximum Gasteiger partial charge on any atom is 0.317 e. The fourth-order valence-corrected chi connectivity index (χ4v) is 1.51. The molecule has 0 aromatic carbocycles. The summed E-state index contributed by atoms with van der Waals surface area (Å²) in [6, 6.07) is 0.0775. The van der Waals surface area contributed by atoms with Crippen molar-refractivity contribution in [2.75, 3.05) is 20.1 Å². The Morgan fingerprint density at radius 3 is 2.69 bits per heavy atom. The van der Waals surface area contributed by atoms with Crippen LogP contribution in [0.4, 0.5) is 4.79 Å². The van der Waals surface area contributed by atoms with Crippen LogP contribution in [0.1, 0.15) is 32.6 Å². The van der Waals surface area contributed by atoms with Crippen molar-refractivity contribution in [1.29, 1.82) is 0 Å². The average Bonchev–Trinajstić information content (AvgIpc) is 2.06. The molecule has 0 atom stereocenters. The van der Waals surface area contributed by atoms with Gasteiger partial charge in [0.25, 0.3) is 0 Å². The molecular formula is C10H20N2O. The highest BCUT2D eigenvalue weighted by atomic mass is 16.2. The normalized spacial score (nSPS) is 16.5. The fourth-order valence-electron chi connectivity index (χ4n) is 1.51. The molecule has 0 saturated heterocycles. The number of nitrogens with zero attached hydrogens (tertiary/aromatic N) is 1. The number of carbonyl (C=O) groups is 1. The van der Waals surface area contributed by atoms with Gasteiger partial charge in [-0.3, -0.25) is 0 Å². The van der Waals surface area contributed by atoms with Crippen molar-refractivity contribution in [1.82, 2.24) is 10.2 Å². The molecule has 13 heavy (non-hydrogen) atoms. The molecule has 3 heteroatoms. The second-order valence-corrected chi connectivity index (χ2v) is 3.91. The topological polar surface area (TPSA) is 32.3 Å². The number of hydrogen-bond acceptors (Lipinski definition) is 1. The molecule has 3 nitrogen and oxygen atoms in total. The van der Waals surface area contributed by atoms with Crippen LogP contribution in [-0.2, 0) is 0 Å². The van der Waals surface area contributed by atoms with Crippen LogP contribution in [0.3, 0.4) is 0 Å². The monoisotopic (exact) mass is 184 g/mol. The second-order valence-electron chi connectivity index (χ2n) is 3.91. The third kappa shape index (κ3) is 3.25. The van der Waals surface area contributed by atoms with Gasteiger partial charge < -0.3 is 10.2 Å². The summed E-state index contributed by atoms with van der Waals surface area (Å²) in [5, 5.41) is 2.87. The van der Waals surface area contributed by atoms with Crippen molar-refractivity contribution in [3.05, 3.63) is 0 Å². The van der Waals surface area contributed by atoms with Gasteiger partial charge in [-0.05, 0) is 25.2 Å². The summed E-state index contributed by atoms with van der Waals surface area (Å²) in [7, 11) is 1.88. The van der Waals surface area contributed by atoms with Crippen LogP contribution < -0.4 is 5.32 Å². The Balaban J connectivity index is 2.13. The minimum atomic E-state index is 0.0775. The lowest BCUT2D eigenvalue weighted by Crippen LogP contribution is -2.41. The van der Waals surface area contributed by atoms with Gasteiger partial charge in [0.15, 0.2) is 0 Å². The predicted molar refractivity (Wildman–Crippen MR) is 53.7 cm³/mol. The second kappa shape index (κ2) is 5.10. The molecule has 0 aromatic heterocycles. The van der Waals surface area contributed by atoms with Gasteiger partial charge in [-0.2, -0.15) is 0 Å². The number of rotatable bonds is 4. The van der Waals surface area contributed by atoms with Crippen LogP contribution in [0.2, 0.25) is 0 Å². The van der Waals surface area contributed by atoms with Crippen LogP contribution in [0, 0.1) is 5.92 Å². The molecular weight excluding hydrogens is 164 g/mol. The van der Waals surface area contributed by atoms with E-state index in [1.165, 1.54) is 19.3 Å². The lowest BCUT2D eigenvalue weighted by atomic mass is 9.85. The van der Waals surface area contributed by atoms with Gasteiger partial charge in [0, 0.05) is 20.1 Å². The Kier molecular flexibility index (Phi) is 4.06. The minimum absolute atomic E-state index is 0.0775. The summed E-state index contributed by atoms with van der Waals surface area (Å²) in [5.74, 6) is 0.761. The smallest absolute Gasteiger partial charge is 0.317 e. The molecule has 1 rings (SSSR count). The standard InChI is InChI=1S/C10H20N2O/c1-3-7-11-10(13)12(2)8-9-5-4-6-9/h9H,3-8H2,1-2H3,(H,11,13). The van der Waals surface area contributed by atoms with Gasteiger partial charge in [0.1, 0.15) is 0 Å². The van der Waals surface area contributed by atoms with E-state index in [1.807, 2.05) is 7.05 Å². The van der Waals surface area contributed by atoms with Crippen molar-refractivity contribution < 1.29 is 4.79 Å². The molecule has 0 heterocycles. The quantitative estimate of drug-likeness (QED) is 0.710. The lowest BCUT2D eigenvalue weighted by molar-refractivity contribution is 0.182. The number of nitrogens with one attached hydrogen (secondary N) is 1. The summed E-state index contributed by atoms with van der Waals surface area (Å²) in [5.41, 5.74) is 0. The zero-order chi connectivity index (χ0) is 9.68. The number of amides is 2. The molecule has 1 saturated carbocycles. The molecule has 0 unspecified atom stereocenters. The van der Waals surface area contributed by atoms with E-state index in [0.717, 1.165) is 25.4 Å². The molecule has 0 spiro atoms. The van der Waals surface area contributed by atoms with Gasteiger partial charge >= 0.3 is 6.03 Å². The third-order valence-corrected chi connectivity index (χ3v) is 2.63. The zero-order valence-electron chi connectivity index (χ0n) is 8.68. The van der Waals surface area contributed by atoms with Gasteiger partial charge in [-0.1, -0.05) is 13.3 Å². The van der Waals surface area contributed by atoms with Gasteiger partial charge in [0.2, 0.25) is 0 Å². The highest BCUT2D eigenvalue weighted by Gasteiger charge is 2.20. The Morgan fingerprint density at radius 2 is 2.23 bits per heavy atom. The van der Waals surface area contributed by atoms with E-state index in [0.29, 0.717) is 0 Å². The molecule has 0 bridgehead atoms. The molecule has 2 amide bonds. The first-order valence-electron chi connectivity index (χ1n) is 5.23. The van der Waals surface area contributed by atoms with Crippen LogP contribution >= 0.6 is 0 Å². The van der Waals surface area contributed by atoms with E-state index in [4.69, 9.17) is 0 Å². The molecule has 1 fully saturated rings. The molecule has 1 aliphatic rings. The van der Waals surface area contributed by atoms with Crippen molar-refractivity contribution in [3.8, 4) is 0 Å². The molecule has 76 valence electrons. The average molecular weight is 184 g/mol. The van der Waals surface area contributed by atoms with Crippen LogP contribution in [0.15, 0.2) is 0 Å². The van der Waals surface area contributed by atoms with E-state index < -0.39 is 0 Å². The lowest BCUT2D eigenvalue weighted by Gasteiger charge is -2.30. The van der Waals surface area contributed by atoms with Gasteiger partial charge in [-0.15, -0.1) is 0 Å². The van der Waals surface area contributed by atoms with E-state index in [1.54, 1.807) is 4.90 Å². The number of urea groups is 1. The maximum absolute atomic E-state index is 11.4. The summed E-state index contributed by atoms with van der Waals surface area (Å²) in [6.45, 7) is 3.77. The van der Waals surface area contributed by atoms with Gasteiger partial charge in [0.05, 0.1) is 0 Å². The van der Waals surface area contributed by atoms with Gasteiger partial charge in [-0.25, -0.2) is 4.79 Å². The zero-order valence-corrected chi connectivity index (χ0v) is 8.68. The molecule has 0 radical (unpaired) electrons. The SMILES string of the molecule is CCCNC(=O)N(C)CC1CCC1. The predicted octanol–water partition coefficient (Wildman–Crippen LogP) is 1.84. The largest absolute Gasteiger partial charge is 0.338 e. The van der Waals surface area contributed by atoms with Crippen LogP contribution in [0.5, 0.6) is 0 Å². The molecule has 1 N–H and O–H groups in total. The fraction of sp³-hybridized carbons (Fsp3) is 0.900. The van der Waals surface area contributed by atoms with E-state index in [-0.39, 0.29) is 6.03 Å². The Bertz CT molecular complexity index is 166. The van der Waals surface area contributed by atoms with E-state index >= 15 is 0 Å². The highest BCUT2D eigenvalue weighted by molar-refractivity contribution is 5.73. The Morgan fingerprint density at radius 1 is 1.54 bits per heavy atom. The van der Waals surface area contributed by atoms with Crippen molar-refractivity contribution in [2.45, 2.75) is 32.6 Å². The van der Waals surface area contributed by atoms with Crippen molar-refractivity contribution >= 4 is 6.03 Å². The Labute approximate surface area is 80.5 Å². The first-order chi connectivity index (χ1) is 6.24. The minimum Gasteiger partial charge on any atom is -0.338 e. The Hall–Kier alpha value is -0.730. The number of carbonyl (C=O) groups excluding carboxylic acids is 1. The molecule has 1 aliphatic carbocycles. The summed E-state index contributed by atoms with van der Waals surface area (Å²) >= 11 is 0. The van der Waals surface area contributed by atoms with Crippen LogP contribution in [0.25, 0.3) is 0 Å². The summed E-state index contributed by atoms with van der Waals surface area (Å²) in [6.07, 6.45) is 4.94. The maximum atomic E-state index is 11.4. The van der Waals surface area contributed by atoms with Crippen molar-refractivity contribution in [3.63, 3.8) is 0 Å². The molecule has 0 aliphatic heterocycles. The summed E-state index contributed by atoms with van der Waals surface area (Å²) < 4.78 is 0. The first kappa shape index (κ1) is 10.4. The number of hydrogen-bond donors (Lipinski definition) is 1.